The number of nitrogens with one attached hydrogen (secondary N) is 1. The van der Waals surface area contributed by atoms with Gasteiger partial charge in [-0.25, -0.2) is 8.78 Å². The Bertz CT molecular complexity index is 387. The number of nitrogen functional groups attached to an aromatic ring is 1. The number of hydrogen-bond donors (Lipinski definition) is 2. The normalized spacial score (nSPS) is 10.4. The maximum Gasteiger partial charge on any atom is 0.269 e. The summed E-state index contributed by atoms with van der Waals surface area (Å²) < 4.78 is 24.2. The molecule has 6 heteroatoms. The van der Waals surface area contributed by atoms with Gasteiger partial charge in [-0.3, -0.25) is 9.59 Å². The summed E-state index contributed by atoms with van der Waals surface area (Å²) in [7, 11) is 0. The fourth-order valence-electron chi connectivity index (χ4n) is 0.836. The molecule has 0 saturated heterocycles. The first-order chi connectivity index (χ1) is 6.07. The molecular formula is C7H6F2N2O2. The molecule has 0 aliphatic carbocycles. The number of carbonyl (C=O) groups excluding carboxylic acids is 1. The van der Waals surface area contributed by atoms with Gasteiger partial charge in [0, 0.05) is 6.20 Å². The fourth-order valence-corrected chi connectivity index (χ4v) is 0.836. The third-order valence-electron chi connectivity index (χ3n) is 1.53. The molecule has 1 aromatic rings. The summed E-state index contributed by atoms with van der Waals surface area (Å²) in [4.78, 5) is 23.4. The van der Waals surface area contributed by atoms with E-state index in [9.17, 15) is 18.4 Å². The van der Waals surface area contributed by atoms with E-state index in [1.54, 1.807) is 0 Å². The van der Waals surface area contributed by atoms with Gasteiger partial charge in [-0.1, -0.05) is 0 Å². The molecule has 3 N–H and O–H groups in total. The lowest BCUT2D eigenvalue weighted by Crippen LogP contribution is -2.17. The number of halogens is 2. The monoisotopic (exact) mass is 188 g/mol. The Morgan fingerprint density at radius 1 is 1.54 bits per heavy atom. The van der Waals surface area contributed by atoms with Crippen LogP contribution in [0.2, 0.25) is 0 Å². The van der Waals surface area contributed by atoms with Crippen molar-refractivity contribution in [1.29, 1.82) is 0 Å². The summed E-state index contributed by atoms with van der Waals surface area (Å²) in [5.41, 5.74) is 2.72. The first-order valence-electron chi connectivity index (χ1n) is 3.32. The molecule has 0 atom stereocenters. The number of aromatic nitrogens is 1. The van der Waals surface area contributed by atoms with E-state index in [-0.39, 0.29) is 5.69 Å². The van der Waals surface area contributed by atoms with Crippen LogP contribution in [0.1, 0.15) is 22.5 Å². The molecule has 0 aliphatic heterocycles. The molecule has 1 heterocycles. The molecule has 0 spiro atoms. The number of aromatic amines is 1. The maximum atomic E-state index is 12.1. The average Bonchev–Trinajstić information content (AvgIpc) is 2.09. The van der Waals surface area contributed by atoms with Gasteiger partial charge in [-0.2, -0.15) is 0 Å². The van der Waals surface area contributed by atoms with E-state index in [4.69, 9.17) is 5.73 Å². The van der Waals surface area contributed by atoms with Crippen molar-refractivity contribution in [3.8, 4) is 0 Å². The Kier molecular flexibility index (Phi) is 2.41. The van der Waals surface area contributed by atoms with Crippen LogP contribution in [0.3, 0.4) is 0 Å². The zero-order chi connectivity index (χ0) is 10.0. The number of hydrogen-bond acceptors (Lipinski definition) is 3. The highest BCUT2D eigenvalue weighted by Gasteiger charge is 2.15. The predicted octanol–water partition coefficient (Wildman–Crippen LogP) is 0.707. The minimum absolute atomic E-state index is 0.186. The topological polar surface area (TPSA) is 76.0 Å². The van der Waals surface area contributed by atoms with Crippen LogP contribution in [0.4, 0.5) is 14.5 Å². The van der Waals surface area contributed by atoms with E-state index >= 15 is 0 Å². The van der Waals surface area contributed by atoms with E-state index in [0.717, 1.165) is 6.20 Å². The Balaban J connectivity index is 3.40. The van der Waals surface area contributed by atoms with Gasteiger partial charge >= 0.3 is 0 Å². The zero-order valence-electron chi connectivity index (χ0n) is 6.38. The Morgan fingerprint density at radius 3 is 2.62 bits per heavy atom. The second kappa shape index (κ2) is 3.34. The van der Waals surface area contributed by atoms with Crippen molar-refractivity contribution >= 4 is 12.0 Å². The second-order valence-corrected chi connectivity index (χ2v) is 2.32. The number of aldehydes is 1. The Labute approximate surface area is 71.4 Å². The lowest BCUT2D eigenvalue weighted by molar-refractivity contribution is 0.111. The van der Waals surface area contributed by atoms with Crippen LogP contribution in [0.15, 0.2) is 11.0 Å². The summed E-state index contributed by atoms with van der Waals surface area (Å²) >= 11 is 0. The molecular weight excluding hydrogens is 182 g/mol. The molecule has 70 valence electrons. The zero-order valence-corrected chi connectivity index (χ0v) is 6.38. The van der Waals surface area contributed by atoms with Crippen LogP contribution in [-0.2, 0) is 0 Å². The largest absolute Gasteiger partial charge is 0.394 e. The van der Waals surface area contributed by atoms with Gasteiger partial charge in [0.2, 0.25) is 5.43 Å². The standard InChI is InChI=1S/C7H6F2N2O2/c8-7(9)3-1-11-4(2-12)5(10)6(3)13/h1-2,7H,10H2,(H,11,13). The van der Waals surface area contributed by atoms with Crippen molar-refractivity contribution in [2.45, 2.75) is 6.43 Å². The highest BCUT2D eigenvalue weighted by Crippen LogP contribution is 2.15. The third kappa shape index (κ3) is 1.56. The summed E-state index contributed by atoms with van der Waals surface area (Å²) in [6.45, 7) is 0. The molecule has 1 aromatic heterocycles. The summed E-state index contributed by atoms with van der Waals surface area (Å²) in [6.07, 6.45) is -1.81. The first kappa shape index (κ1) is 9.37. The van der Waals surface area contributed by atoms with Crippen molar-refractivity contribution in [2.75, 3.05) is 5.73 Å². The van der Waals surface area contributed by atoms with E-state index in [2.05, 4.69) is 4.98 Å². The van der Waals surface area contributed by atoms with Crippen LogP contribution in [0, 0.1) is 0 Å². The number of anilines is 1. The fraction of sp³-hybridized carbons (Fsp3) is 0.143. The second-order valence-electron chi connectivity index (χ2n) is 2.32. The summed E-state index contributed by atoms with van der Waals surface area (Å²) in [5, 5.41) is 0. The van der Waals surface area contributed by atoms with E-state index in [0.29, 0.717) is 6.29 Å². The number of nitrogens with two attached hydrogens (primary N) is 1. The molecule has 0 radical (unpaired) electrons. The molecule has 0 aromatic carbocycles. The molecule has 1 rings (SSSR count). The quantitative estimate of drug-likeness (QED) is 0.671. The lowest BCUT2D eigenvalue weighted by Gasteiger charge is -2.01. The van der Waals surface area contributed by atoms with Crippen molar-refractivity contribution in [1.82, 2.24) is 4.98 Å². The number of H-pyrrole nitrogens is 1. The number of pyridine rings is 1. The minimum atomic E-state index is -2.90. The number of rotatable bonds is 2. The molecule has 13 heavy (non-hydrogen) atoms. The smallest absolute Gasteiger partial charge is 0.269 e. The van der Waals surface area contributed by atoms with Gasteiger partial charge in [0.15, 0.2) is 6.29 Å². The Morgan fingerprint density at radius 2 is 2.15 bits per heavy atom. The van der Waals surface area contributed by atoms with Crippen molar-refractivity contribution in [3.63, 3.8) is 0 Å². The minimum Gasteiger partial charge on any atom is -0.394 e. The maximum absolute atomic E-state index is 12.1. The predicted molar refractivity (Wildman–Crippen MR) is 41.8 cm³/mol. The van der Waals surface area contributed by atoms with Gasteiger partial charge in [0.1, 0.15) is 11.4 Å². The average molecular weight is 188 g/mol. The number of carbonyl (C=O) groups is 1. The molecule has 0 bridgehead atoms. The van der Waals surface area contributed by atoms with Crippen molar-refractivity contribution in [2.24, 2.45) is 0 Å². The van der Waals surface area contributed by atoms with Crippen LogP contribution >= 0.6 is 0 Å². The molecule has 4 nitrogen and oxygen atoms in total. The molecule has 0 saturated carbocycles. The highest BCUT2D eigenvalue weighted by molar-refractivity contribution is 5.80. The van der Waals surface area contributed by atoms with Crippen LogP contribution in [0.5, 0.6) is 0 Å². The van der Waals surface area contributed by atoms with Crippen LogP contribution < -0.4 is 11.2 Å². The van der Waals surface area contributed by atoms with Gasteiger partial charge in [-0.15, -0.1) is 0 Å². The molecule has 0 amide bonds. The third-order valence-corrected chi connectivity index (χ3v) is 1.53. The molecule has 0 fully saturated rings. The summed E-state index contributed by atoms with van der Waals surface area (Å²) in [5.74, 6) is 0. The van der Waals surface area contributed by atoms with Crippen LogP contribution in [0.25, 0.3) is 0 Å². The van der Waals surface area contributed by atoms with E-state index < -0.39 is 23.1 Å². The summed E-state index contributed by atoms with van der Waals surface area (Å²) in [6, 6.07) is 0. The van der Waals surface area contributed by atoms with Crippen molar-refractivity contribution < 1.29 is 13.6 Å². The van der Waals surface area contributed by atoms with Gasteiger partial charge in [0.25, 0.3) is 6.43 Å². The van der Waals surface area contributed by atoms with Gasteiger partial charge in [0.05, 0.1) is 5.56 Å². The molecule has 0 unspecified atom stereocenters. The number of alkyl halides is 2. The lowest BCUT2D eigenvalue weighted by atomic mass is 10.2. The van der Waals surface area contributed by atoms with Crippen molar-refractivity contribution in [3.05, 3.63) is 27.7 Å². The van der Waals surface area contributed by atoms with E-state index in [1.807, 2.05) is 0 Å². The van der Waals surface area contributed by atoms with E-state index in [1.165, 1.54) is 0 Å². The highest BCUT2D eigenvalue weighted by atomic mass is 19.3. The Hall–Kier alpha value is -1.72. The first-order valence-corrected chi connectivity index (χ1v) is 3.32. The SMILES string of the molecule is Nc1c(C=O)[nH]cc(C(F)F)c1=O. The van der Waals surface area contributed by atoms with Crippen LogP contribution in [-0.4, -0.2) is 11.3 Å². The van der Waals surface area contributed by atoms with Gasteiger partial charge < -0.3 is 10.7 Å². The van der Waals surface area contributed by atoms with Gasteiger partial charge in [-0.05, 0) is 0 Å². The molecule has 0 aliphatic rings.